The van der Waals surface area contributed by atoms with Crippen LogP contribution in [0.15, 0.2) is 18.2 Å². The number of carboxylic acids is 1. The second-order valence-corrected chi connectivity index (χ2v) is 4.06. The first-order chi connectivity index (χ1) is 7.00. The molecule has 0 fully saturated rings. The highest BCUT2D eigenvalue weighted by Crippen LogP contribution is 2.26. The van der Waals surface area contributed by atoms with Gasteiger partial charge in [0.1, 0.15) is 0 Å². The van der Waals surface area contributed by atoms with Gasteiger partial charge in [-0.15, -0.1) is 0 Å². The smallest absolute Gasteiger partial charge is 0.304 e. The van der Waals surface area contributed by atoms with Gasteiger partial charge < -0.3 is 10.8 Å². The Bertz CT molecular complexity index is 368. The minimum atomic E-state index is -0.916. The van der Waals surface area contributed by atoms with Crippen molar-refractivity contribution in [3.63, 3.8) is 0 Å². The Balaban J connectivity index is 2.72. The van der Waals surface area contributed by atoms with Gasteiger partial charge in [0.15, 0.2) is 0 Å². The molecule has 15 heavy (non-hydrogen) atoms. The average Bonchev–Trinajstić information content (AvgIpc) is 2.11. The summed E-state index contributed by atoms with van der Waals surface area (Å²) in [6.45, 7) is 0. The molecule has 0 radical (unpaired) electrons. The number of carboxylic acid groups (broad SMARTS) is 1. The lowest BCUT2D eigenvalue weighted by Gasteiger charge is -2.10. The maximum atomic E-state index is 10.4. The predicted octanol–water partition coefficient (Wildman–Crippen LogP) is 2.34. The number of nitrogens with two attached hydrogens (primary N) is 1. The summed E-state index contributed by atoms with van der Waals surface area (Å²) in [4.78, 5) is 10.4. The third-order valence-electron chi connectivity index (χ3n) is 1.95. The zero-order chi connectivity index (χ0) is 11.4. The number of halogens is 2. The van der Waals surface area contributed by atoms with Crippen LogP contribution in [0.3, 0.4) is 0 Å². The largest absolute Gasteiger partial charge is 0.481 e. The van der Waals surface area contributed by atoms with E-state index in [0.29, 0.717) is 16.5 Å². The van der Waals surface area contributed by atoms with E-state index < -0.39 is 12.0 Å². The summed E-state index contributed by atoms with van der Waals surface area (Å²) >= 11 is 11.8. The molecule has 1 rings (SSSR count). The van der Waals surface area contributed by atoms with Gasteiger partial charge in [0, 0.05) is 6.04 Å². The van der Waals surface area contributed by atoms with Crippen molar-refractivity contribution in [2.75, 3.05) is 0 Å². The molecule has 3 N–H and O–H groups in total. The molecule has 0 spiro atoms. The minimum absolute atomic E-state index is 0.0805. The van der Waals surface area contributed by atoms with E-state index in [-0.39, 0.29) is 6.42 Å². The molecule has 1 atom stereocenters. The van der Waals surface area contributed by atoms with Crippen LogP contribution in [-0.4, -0.2) is 17.1 Å². The van der Waals surface area contributed by atoms with E-state index in [1.807, 2.05) is 0 Å². The molecule has 0 aliphatic rings. The highest BCUT2D eigenvalue weighted by molar-refractivity contribution is 6.42. The monoisotopic (exact) mass is 247 g/mol. The summed E-state index contributed by atoms with van der Waals surface area (Å²) in [5, 5.41) is 9.45. The average molecular weight is 248 g/mol. The van der Waals surface area contributed by atoms with Gasteiger partial charge in [0.2, 0.25) is 0 Å². The molecule has 0 aliphatic heterocycles. The highest BCUT2D eigenvalue weighted by atomic mass is 35.5. The molecule has 0 saturated carbocycles. The molecule has 0 heterocycles. The van der Waals surface area contributed by atoms with E-state index in [1.54, 1.807) is 18.2 Å². The first-order valence-electron chi connectivity index (χ1n) is 4.41. The Labute approximate surface area is 97.8 Å². The van der Waals surface area contributed by atoms with Crippen molar-refractivity contribution >= 4 is 29.2 Å². The normalized spacial score (nSPS) is 12.5. The summed E-state index contributed by atoms with van der Waals surface area (Å²) in [6.07, 6.45) is 0.328. The van der Waals surface area contributed by atoms with Crippen LogP contribution in [0.25, 0.3) is 0 Å². The molecule has 3 nitrogen and oxygen atoms in total. The minimum Gasteiger partial charge on any atom is -0.481 e. The van der Waals surface area contributed by atoms with Crippen LogP contribution in [0.4, 0.5) is 0 Å². The van der Waals surface area contributed by atoms with E-state index in [0.717, 1.165) is 5.56 Å². The zero-order valence-electron chi connectivity index (χ0n) is 7.91. The first kappa shape index (κ1) is 12.3. The Morgan fingerprint density at radius 3 is 2.73 bits per heavy atom. The zero-order valence-corrected chi connectivity index (χ0v) is 9.42. The number of aliphatic carboxylic acids is 1. The standard InChI is InChI=1S/C10H11Cl2NO2/c11-8-3-1-2-6(10(8)12)4-7(13)5-9(14)15/h1-3,7H,4-5,13H2,(H,14,15). The molecule has 5 heteroatoms. The number of rotatable bonds is 4. The molecule has 0 bridgehead atoms. The van der Waals surface area contributed by atoms with E-state index in [4.69, 9.17) is 34.0 Å². The predicted molar refractivity (Wildman–Crippen MR) is 60.4 cm³/mol. The van der Waals surface area contributed by atoms with Crippen LogP contribution >= 0.6 is 23.2 Å². The molecule has 1 aromatic carbocycles. The van der Waals surface area contributed by atoms with Gasteiger partial charge in [0.05, 0.1) is 16.5 Å². The third-order valence-corrected chi connectivity index (χ3v) is 2.81. The third kappa shape index (κ3) is 3.70. The summed E-state index contributed by atoms with van der Waals surface area (Å²) in [5.74, 6) is -0.916. The molecule has 0 saturated heterocycles. The lowest BCUT2D eigenvalue weighted by Crippen LogP contribution is -2.26. The fourth-order valence-electron chi connectivity index (χ4n) is 1.29. The van der Waals surface area contributed by atoms with Crippen LogP contribution in [0.2, 0.25) is 10.0 Å². The summed E-state index contributed by atoms with van der Waals surface area (Å²) in [6, 6.07) is 4.78. The van der Waals surface area contributed by atoms with Crippen molar-refractivity contribution in [3.05, 3.63) is 33.8 Å². The molecule has 1 aromatic rings. The summed E-state index contributed by atoms with van der Waals surface area (Å²) in [5.41, 5.74) is 6.42. The number of hydrogen-bond donors (Lipinski definition) is 2. The van der Waals surface area contributed by atoms with Crippen molar-refractivity contribution in [2.24, 2.45) is 5.73 Å². The second kappa shape index (κ2) is 5.35. The topological polar surface area (TPSA) is 63.3 Å². The van der Waals surface area contributed by atoms with Crippen molar-refractivity contribution in [1.29, 1.82) is 0 Å². The summed E-state index contributed by atoms with van der Waals surface area (Å²) in [7, 11) is 0. The Morgan fingerprint density at radius 2 is 2.13 bits per heavy atom. The maximum Gasteiger partial charge on any atom is 0.304 e. The van der Waals surface area contributed by atoms with Crippen molar-refractivity contribution in [2.45, 2.75) is 18.9 Å². The van der Waals surface area contributed by atoms with E-state index in [1.165, 1.54) is 0 Å². The molecule has 0 aromatic heterocycles. The molecule has 1 unspecified atom stereocenters. The maximum absolute atomic E-state index is 10.4. The lowest BCUT2D eigenvalue weighted by atomic mass is 10.0. The van der Waals surface area contributed by atoms with Crippen molar-refractivity contribution in [1.82, 2.24) is 0 Å². The Morgan fingerprint density at radius 1 is 1.47 bits per heavy atom. The van der Waals surface area contributed by atoms with Crippen LogP contribution in [-0.2, 0) is 11.2 Å². The van der Waals surface area contributed by atoms with Gasteiger partial charge in [0.25, 0.3) is 0 Å². The molecular formula is C10H11Cl2NO2. The number of benzene rings is 1. The van der Waals surface area contributed by atoms with Crippen molar-refractivity contribution in [3.8, 4) is 0 Å². The molecule has 82 valence electrons. The van der Waals surface area contributed by atoms with Gasteiger partial charge in [-0.25, -0.2) is 0 Å². The highest BCUT2D eigenvalue weighted by Gasteiger charge is 2.12. The number of carbonyl (C=O) groups is 1. The molecule has 0 amide bonds. The van der Waals surface area contributed by atoms with E-state index >= 15 is 0 Å². The van der Waals surface area contributed by atoms with Crippen LogP contribution in [0.1, 0.15) is 12.0 Å². The van der Waals surface area contributed by atoms with Gasteiger partial charge in [-0.05, 0) is 18.1 Å². The quantitative estimate of drug-likeness (QED) is 0.859. The Kier molecular flexibility index (Phi) is 4.39. The fourth-order valence-corrected chi connectivity index (χ4v) is 1.68. The molecule has 0 aliphatic carbocycles. The Hall–Kier alpha value is -0.770. The number of hydrogen-bond acceptors (Lipinski definition) is 2. The van der Waals surface area contributed by atoms with Gasteiger partial charge >= 0.3 is 5.97 Å². The van der Waals surface area contributed by atoms with Gasteiger partial charge in [-0.2, -0.15) is 0 Å². The summed E-state index contributed by atoms with van der Waals surface area (Å²) < 4.78 is 0. The first-order valence-corrected chi connectivity index (χ1v) is 5.16. The fraction of sp³-hybridized carbons (Fsp3) is 0.300. The van der Waals surface area contributed by atoms with E-state index in [2.05, 4.69) is 0 Å². The lowest BCUT2D eigenvalue weighted by molar-refractivity contribution is -0.137. The molecular weight excluding hydrogens is 237 g/mol. The second-order valence-electron chi connectivity index (χ2n) is 3.28. The van der Waals surface area contributed by atoms with Crippen molar-refractivity contribution < 1.29 is 9.90 Å². The van der Waals surface area contributed by atoms with Crippen LogP contribution < -0.4 is 5.73 Å². The SMILES string of the molecule is NC(CC(=O)O)Cc1cccc(Cl)c1Cl. The van der Waals surface area contributed by atoms with Gasteiger partial charge in [-0.1, -0.05) is 35.3 Å². The van der Waals surface area contributed by atoms with Gasteiger partial charge in [-0.3, -0.25) is 4.79 Å². The van der Waals surface area contributed by atoms with Crippen LogP contribution in [0, 0.1) is 0 Å². The van der Waals surface area contributed by atoms with Crippen LogP contribution in [0.5, 0.6) is 0 Å². The van der Waals surface area contributed by atoms with E-state index in [9.17, 15) is 4.79 Å².